The molecule has 0 unspecified atom stereocenters. The number of nitriles is 2. The first-order chi connectivity index (χ1) is 44.6. The molecule has 0 aliphatic carbocycles. The number of benzene rings is 6. The lowest BCUT2D eigenvalue weighted by atomic mass is 9.87. The molecule has 0 radical (unpaired) electrons. The number of nitrogens with one attached hydrogen (secondary N) is 1. The van der Waals surface area contributed by atoms with Gasteiger partial charge in [-0.15, -0.1) is 0 Å². The van der Waals surface area contributed by atoms with Crippen LogP contribution in [0.15, 0.2) is 155 Å². The van der Waals surface area contributed by atoms with Crippen molar-refractivity contribution in [3.05, 3.63) is 168 Å². The first-order valence-electron chi connectivity index (χ1n) is 31.2. The van der Waals surface area contributed by atoms with Crippen molar-refractivity contribution in [3.8, 4) is 46.6 Å². The largest absolute Gasteiger partial charge is 0.489 e. The number of amides is 1. The minimum atomic E-state index is -4.16. The van der Waals surface area contributed by atoms with Crippen LogP contribution < -0.4 is 39.5 Å². The Morgan fingerprint density at radius 3 is 1.47 bits per heavy atom. The number of hydrogen-bond acceptors (Lipinski definition) is 18. The third-order valence-corrected chi connectivity index (χ3v) is 19.8. The van der Waals surface area contributed by atoms with Crippen molar-refractivity contribution < 1.29 is 69.7 Å². The summed E-state index contributed by atoms with van der Waals surface area (Å²) < 4.78 is 103. The number of hydrogen-bond donors (Lipinski definition) is 4. The van der Waals surface area contributed by atoms with Crippen LogP contribution in [0.4, 0.5) is 0 Å². The molecule has 6 aromatic carbocycles. The maximum Gasteiger partial charge on any atom is 0.243 e. The number of fused-ring (bicyclic) bond motifs is 2. The Labute approximate surface area is 546 Å². The quantitative estimate of drug-likeness (QED) is 0.0279. The third kappa shape index (κ3) is 21.6. The molecule has 3 aliphatic rings. The molecule has 9 rings (SSSR count). The lowest BCUT2D eigenvalue weighted by Crippen LogP contribution is -2.52. The monoisotopic (exact) mass is 1310 g/mol. The van der Waals surface area contributed by atoms with Gasteiger partial charge >= 0.3 is 0 Å². The fourth-order valence-corrected chi connectivity index (χ4v) is 14.3. The highest BCUT2D eigenvalue weighted by Crippen LogP contribution is 2.38. The number of rotatable bonds is 33. The van der Waals surface area contributed by atoms with Gasteiger partial charge < -0.3 is 59.2 Å². The maximum atomic E-state index is 14.3. The van der Waals surface area contributed by atoms with Crippen molar-refractivity contribution in [2.24, 2.45) is 22.5 Å². The number of unbranched alkanes of at least 4 members (excludes halogenated alkanes) is 2. The number of aliphatic hydroxyl groups is 2. The maximum absolute atomic E-state index is 14.3. The molecule has 23 heteroatoms. The minimum Gasteiger partial charge on any atom is -0.489 e. The Hall–Kier alpha value is -7.81. The van der Waals surface area contributed by atoms with Gasteiger partial charge in [0.05, 0.1) is 53.4 Å². The molecule has 6 aromatic rings. The second kappa shape index (κ2) is 33.9. The van der Waals surface area contributed by atoms with Crippen molar-refractivity contribution in [3.63, 3.8) is 0 Å². The van der Waals surface area contributed by atoms with Crippen LogP contribution in [0.3, 0.4) is 0 Å². The minimum absolute atomic E-state index is 0.00393. The normalized spacial score (nSPS) is 15.3. The summed E-state index contributed by atoms with van der Waals surface area (Å²) >= 11 is 0. The molecule has 1 fully saturated rings. The second-order valence-corrected chi connectivity index (χ2v) is 29.0. The molecule has 4 atom stereocenters. The molecule has 0 bridgehead atoms. The van der Waals surface area contributed by atoms with Crippen LogP contribution in [0, 0.1) is 39.4 Å². The topological polar surface area (TPSA) is 292 Å². The van der Waals surface area contributed by atoms with Crippen LogP contribution in [0.2, 0.25) is 0 Å². The SMILES string of the molecule is CC(C)(CCCC#N)CN(C[C@@H](O)[C@@H](N)Cc1ccc(OCc2ccccc2)cc1)S(=O)(=O)c1ccc2c(c1)OCO2.CC(C)(CCCC#N)CN(C[C@@H](O)[C@H](Cc1ccc(OCc2ccccc2)cc1)NC(=O)CC1COCOC1)S(=O)(=O)c1ccc2c(c1)OCO2. The van der Waals surface area contributed by atoms with Gasteiger partial charge in [-0.25, -0.2) is 16.8 Å². The molecule has 0 saturated carbocycles. The highest BCUT2D eigenvalue weighted by atomic mass is 32.2. The van der Waals surface area contributed by atoms with Crippen LogP contribution >= 0.6 is 0 Å². The summed E-state index contributed by atoms with van der Waals surface area (Å²) in [6.45, 7) is 9.37. The van der Waals surface area contributed by atoms with Gasteiger partial charge in [0.15, 0.2) is 23.0 Å². The lowest BCUT2D eigenvalue weighted by Gasteiger charge is -2.35. The summed E-state index contributed by atoms with van der Waals surface area (Å²) in [5, 5.41) is 44.0. The molecule has 21 nitrogen and oxygen atoms in total. The van der Waals surface area contributed by atoms with E-state index < -0.39 is 55.2 Å². The van der Waals surface area contributed by atoms with E-state index in [1.807, 2.05) is 137 Å². The molecule has 1 saturated heterocycles. The molecule has 3 aliphatic heterocycles. The van der Waals surface area contributed by atoms with Crippen LogP contribution in [0.1, 0.15) is 94.9 Å². The van der Waals surface area contributed by atoms with Gasteiger partial charge in [-0.1, -0.05) is 113 Å². The molecule has 1 amide bonds. The predicted octanol–water partition coefficient (Wildman–Crippen LogP) is 9.44. The van der Waals surface area contributed by atoms with Crippen molar-refractivity contribution >= 4 is 26.0 Å². The van der Waals surface area contributed by atoms with Crippen molar-refractivity contribution in [2.75, 3.05) is 59.8 Å². The zero-order chi connectivity index (χ0) is 66.4. The smallest absolute Gasteiger partial charge is 0.243 e. The molecule has 0 aromatic heterocycles. The highest BCUT2D eigenvalue weighted by Gasteiger charge is 2.37. The Balaban J connectivity index is 0.000000244. The summed E-state index contributed by atoms with van der Waals surface area (Å²) in [5.41, 5.74) is 9.26. The summed E-state index contributed by atoms with van der Waals surface area (Å²) in [6.07, 6.45) is 1.51. The van der Waals surface area contributed by atoms with Crippen LogP contribution in [0.5, 0.6) is 34.5 Å². The number of carbonyl (C=O) groups excluding carboxylic acids is 1. The molecule has 498 valence electrons. The van der Waals surface area contributed by atoms with Crippen molar-refractivity contribution in [1.29, 1.82) is 10.5 Å². The molecule has 93 heavy (non-hydrogen) atoms. The van der Waals surface area contributed by atoms with Crippen LogP contribution in [0.25, 0.3) is 0 Å². The second-order valence-electron chi connectivity index (χ2n) is 25.1. The van der Waals surface area contributed by atoms with Gasteiger partial charge in [-0.05, 0) is 120 Å². The molecule has 3 heterocycles. The Morgan fingerprint density at radius 1 is 0.591 bits per heavy atom. The van der Waals surface area contributed by atoms with Gasteiger partial charge in [-0.2, -0.15) is 19.1 Å². The van der Waals surface area contributed by atoms with E-state index in [0.29, 0.717) is 100 Å². The van der Waals surface area contributed by atoms with E-state index in [2.05, 4.69) is 17.5 Å². The van der Waals surface area contributed by atoms with Crippen molar-refractivity contribution in [2.45, 2.75) is 133 Å². The Kier molecular flexibility index (Phi) is 25.9. The first-order valence-corrected chi connectivity index (χ1v) is 34.1. The molecular weight excluding hydrogens is 1230 g/mol. The summed E-state index contributed by atoms with van der Waals surface area (Å²) in [4.78, 5) is 13.4. The number of sulfonamides is 2. The summed E-state index contributed by atoms with van der Waals surface area (Å²) in [6, 6.07) is 46.3. The van der Waals surface area contributed by atoms with E-state index in [1.54, 1.807) is 12.1 Å². The highest BCUT2D eigenvalue weighted by molar-refractivity contribution is 7.89. The third-order valence-electron chi connectivity index (χ3n) is 16.2. The molecule has 0 spiro atoms. The lowest BCUT2D eigenvalue weighted by molar-refractivity contribution is -0.140. The number of ether oxygens (including phenoxy) is 8. The van der Waals surface area contributed by atoms with E-state index in [0.717, 1.165) is 28.0 Å². The van der Waals surface area contributed by atoms with Gasteiger partial charge in [0.25, 0.3) is 0 Å². The zero-order valence-electron chi connectivity index (χ0n) is 53.3. The van der Waals surface area contributed by atoms with Gasteiger partial charge in [-0.3, -0.25) is 4.79 Å². The first kappa shape index (κ1) is 71.0. The number of carbonyl (C=O) groups is 1. The number of aliphatic hydroxyl groups excluding tert-OH is 2. The number of nitrogens with zero attached hydrogens (tertiary/aromatic N) is 4. The standard InChI is InChI=1S/C38H47N3O9S.C32H39N3O6S/c1-38(2,16-6-7-17-39)25-41(51(44,45)32-14-15-35-36(20-32)50-27-49-35)21-34(42)33(40-37(43)19-30-22-46-26-47-23-30)18-28-10-12-31(13-11-28)48-24-29-8-4-3-5-9-29;1-32(2,16-6-7-17-33)22-35(42(37,38)27-14-15-30-31(19-27)41-23-40-30)20-29(36)28(34)18-24-10-12-26(13-11-24)39-21-25-8-4-3-5-9-25/h3-5,8-15,20,30,33-34,42H,6-7,16,18-19,21-27H2,1-2H3,(H,40,43);3-5,8-15,19,28-29,36H,6-7,16,18,20-23,34H2,1-2H3/t33-,34+;28-,29+/m00/s1. The average molecular weight is 1320 g/mol. The van der Waals surface area contributed by atoms with E-state index in [1.165, 1.54) is 32.9 Å². The number of nitrogens with two attached hydrogens (primary N) is 1. The van der Waals surface area contributed by atoms with E-state index in [9.17, 15) is 31.8 Å². The van der Waals surface area contributed by atoms with Gasteiger partial charge in [0.1, 0.15) is 31.5 Å². The average Bonchev–Trinajstić information content (AvgIpc) is 1.81. The summed E-state index contributed by atoms with van der Waals surface area (Å²) in [5.74, 6) is 2.55. The van der Waals surface area contributed by atoms with Crippen LogP contribution in [-0.2, 0) is 60.4 Å². The van der Waals surface area contributed by atoms with Crippen LogP contribution in [-0.4, -0.2) is 126 Å². The van der Waals surface area contributed by atoms with E-state index in [4.69, 9.17) is 54.2 Å². The van der Waals surface area contributed by atoms with Gasteiger partial charge in [0.2, 0.25) is 39.5 Å². The molecular formula is C70H86N6O15S2. The molecule has 5 N–H and O–H groups in total. The Bertz CT molecular complexity index is 3660. The fraction of sp³-hybridized carbons (Fsp3) is 0.443. The Morgan fingerprint density at radius 2 is 1.02 bits per heavy atom. The van der Waals surface area contributed by atoms with Crippen molar-refractivity contribution in [1.82, 2.24) is 13.9 Å². The van der Waals surface area contributed by atoms with Gasteiger partial charge in [0, 0.05) is 69.5 Å². The summed E-state index contributed by atoms with van der Waals surface area (Å²) in [7, 11) is -8.19. The van der Waals surface area contributed by atoms with E-state index in [-0.39, 0.29) is 81.0 Å². The predicted molar refractivity (Wildman–Crippen MR) is 348 cm³/mol. The zero-order valence-corrected chi connectivity index (χ0v) is 54.9. The van der Waals surface area contributed by atoms with E-state index >= 15 is 0 Å². The fourth-order valence-electron chi connectivity index (χ4n) is 11.0.